The molecule has 15 heavy (non-hydrogen) atoms. The molecule has 0 saturated carbocycles. The van der Waals surface area contributed by atoms with Gasteiger partial charge in [0.25, 0.3) is 0 Å². The predicted molar refractivity (Wildman–Crippen MR) is 50.4 cm³/mol. The molecular formula is C8H11N3O4. The highest BCUT2D eigenvalue weighted by Gasteiger charge is 2.31. The van der Waals surface area contributed by atoms with Crippen molar-refractivity contribution < 1.29 is 14.8 Å². The van der Waals surface area contributed by atoms with Crippen LogP contribution in [0.25, 0.3) is 0 Å². The number of rotatable bonds is 4. The minimum Gasteiger partial charge on any atom is -0.481 e. The standard InChI is InChI=1S/C8H11N3O4/c1-8(2,7(12)13)3-5-6(11(14)15)4-9-10-5/h4H,3H2,1-2H3,(H,9,10)(H,12,13). The van der Waals surface area contributed by atoms with Crippen LogP contribution in [0.3, 0.4) is 0 Å². The van der Waals surface area contributed by atoms with Gasteiger partial charge in [0, 0.05) is 6.42 Å². The number of aliphatic carboxylic acids is 1. The van der Waals surface area contributed by atoms with Crippen LogP contribution < -0.4 is 0 Å². The number of carbonyl (C=O) groups is 1. The van der Waals surface area contributed by atoms with E-state index in [1.54, 1.807) is 0 Å². The molecule has 0 radical (unpaired) electrons. The molecule has 0 aliphatic carbocycles. The van der Waals surface area contributed by atoms with Crippen molar-refractivity contribution in [2.24, 2.45) is 5.41 Å². The zero-order valence-electron chi connectivity index (χ0n) is 8.35. The summed E-state index contributed by atoms with van der Waals surface area (Å²) in [7, 11) is 0. The van der Waals surface area contributed by atoms with E-state index in [0.717, 1.165) is 6.20 Å². The number of H-pyrrole nitrogens is 1. The number of aromatic nitrogens is 2. The fraction of sp³-hybridized carbons (Fsp3) is 0.500. The van der Waals surface area contributed by atoms with Crippen molar-refractivity contribution >= 4 is 11.7 Å². The SMILES string of the molecule is CC(C)(Cc1[nH]ncc1[N+](=O)[O-])C(=O)O. The first kappa shape index (κ1) is 11.2. The Kier molecular flexibility index (Phi) is 2.74. The lowest BCUT2D eigenvalue weighted by molar-refractivity contribution is -0.385. The number of nitro groups is 1. The van der Waals surface area contributed by atoms with Gasteiger partial charge in [0.1, 0.15) is 11.9 Å². The summed E-state index contributed by atoms with van der Waals surface area (Å²) in [5.41, 5.74) is -1.01. The topological polar surface area (TPSA) is 109 Å². The molecule has 1 aromatic heterocycles. The van der Waals surface area contributed by atoms with Crippen molar-refractivity contribution in [3.8, 4) is 0 Å². The van der Waals surface area contributed by atoms with E-state index >= 15 is 0 Å². The first-order valence-corrected chi connectivity index (χ1v) is 4.24. The molecule has 0 fully saturated rings. The van der Waals surface area contributed by atoms with Gasteiger partial charge in [0.2, 0.25) is 0 Å². The molecule has 1 aromatic rings. The van der Waals surface area contributed by atoms with Crippen LogP contribution in [0.2, 0.25) is 0 Å². The van der Waals surface area contributed by atoms with E-state index in [1.165, 1.54) is 13.8 Å². The lowest BCUT2D eigenvalue weighted by Crippen LogP contribution is -2.26. The summed E-state index contributed by atoms with van der Waals surface area (Å²) in [6.45, 7) is 3.00. The largest absolute Gasteiger partial charge is 0.481 e. The maximum atomic E-state index is 10.8. The maximum absolute atomic E-state index is 10.8. The van der Waals surface area contributed by atoms with Gasteiger partial charge in [-0.3, -0.25) is 20.0 Å². The second-order valence-corrected chi connectivity index (χ2v) is 3.86. The van der Waals surface area contributed by atoms with Crippen LogP contribution in [0.1, 0.15) is 19.5 Å². The van der Waals surface area contributed by atoms with Crippen molar-refractivity contribution in [1.29, 1.82) is 0 Å². The van der Waals surface area contributed by atoms with Gasteiger partial charge in [-0.2, -0.15) is 5.10 Å². The van der Waals surface area contributed by atoms with E-state index < -0.39 is 16.3 Å². The molecule has 0 aliphatic heterocycles. The second-order valence-electron chi connectivity index (χ2n) is 3.86. The van der Waals surface area contributed by atoms with Crippen molar-refractivity contribution in [3.05, 3.63) is 22.0 Å². The lowest BCUT2D eigenvalue weighted by atomic mass is 9.88. The van der Waals surface area contributed by atoms with E-state index in [9.17, 15) is 14.9 Å². The zero-order valence-corrected chi connectivity index (χ0v) is 8.35. The highest BCUT2D eigenvalue weighted by Crippen LogP contribution is 2.25. The Morgan fingerprint density at radius 1 is 1.73 bits per heavy atom. The molecule has 0 atom stereocenters. The van der Waals surface area contributed by atoms with Crippen LogP contribution in [-0.4, -0.2) is 26.2 Å². The van der Waals surface area contributed by atoms with Gasteiger partial charge >= 0.3 is 11.7 Å². The van der Waals surface area contributed by atoms with Crippen molar-refractivity contribution in [3.63, 3.8) is 0 Å². The molecule has 7 nitrogen and oxygen atoms in total. The minimum atomic E-state index is -1.06. The summed E-state index contributed by atoms with van der Waals surface area (Å²) in [5, 5.41) is 25.4. The predicted octanol–water partition coefficient (Wildman–Crippen LogP) is 0.971. The molecule has 2 N–H and O–H groups in total. The summed E-state index contributed by atoms with van der Waals surface area (Å²) < 4.78 is 0. The Bertz CT molecular complexity index is 396. The van der Waals surface area contributed by atoms with Crippen LogP contribution >= 0.6 is 0 Å². The van der Waals surface area contributed by atoms with E-state index in [0.29, 0.717) is 0 Å². The average molecular weight is 213 g/mol. The van der Waals surface area contributed by atoms with Gasteiger partial charge in [0.15, 0.2) is 0 Å². The zero-order chi connectivity index (χ0) is 11.6. The van der Waals surface area contributed by atoms with Crippen LogP contribution in [0.4, 0.5) is 5.69 Å². The molecule has 1 rings (SSSR count). The third kappa shape index (κ3) is 2.30. The minimum absolute atomic E-state index is 0.0403. The van der Waals surface area contributed by atoms with E-state index in [1.807, 2.05) is 0 Å². The average Bonchev–Trinajstić information content (AvgIpc) is 2.51. The number of hydrogen-bond acceptors (Lipinski definition) is 4. The molecular weight excluding hydrogens is 202 g/mol. The van der Waals surface area contributed by atoms with Crippen molar-refractivity contribution in [1.82, 2.24) is 10.2 Å². The fourth-order valence-corrected chi connectivity index (χ4v) is 1.11. The molecule has 0 amide bonds. The normalized spacial score (nSPS) is 11.3. The monoisotopic (exact) mass is 213 g/mol. The Hall–Kier alpha value is -1.92. The molecule has 0 unspecified atom stereocenters. The van der Waals surface area contributed by atoms with Crippen LogP contribution in [0.5, 0.6) is 0 Å². The van der Waals surface area contributed by atoms with E-state index in [2.05, 4.69) is 10.2 Å². The quantitative estimate of drug-likeness (QED) is 0.572. The molecule has 0 spiro atoms. The summed E-state index contributed by atoms with van der Waals surface area (Å²) >= 11 is 0. The van der Waals surface area contributed by atoms with E-state index in [-0.39, 0.29) is 17.8 Å². The maximum Gasteiger partial charge on any atom is 0.309 e. The number of aromatic amines is 1. The van der Waals surface area contributed by atoms with Crippen LogP contribution in [0.15, 0.2) is 6.20 Å². The number of carboxylic acids is 1. The highest BCUT2D eigenvalue weighted by atomic mass is 16.6. The van der Waals surface area contributed by atoms with Crippen molar-refractivity contribution in [2.45, 2.75) is 20.3 Å². The van der Waals surface area contributed by atoms with Crippen LogP contribution in [0, 0.1) is 15.5 Å². The van der Waals surface area contributed by atoms with Gasteiger partial charge in [-0.1, -0.05) is 0 Å². The Balaban J connectivity index is 2.95. The Morgan fingerprint density at radius 3 is 2.80 bits per heavy atom. The first-order chi connectivity index (χ1) is 6.84. The molecule has 82 valence electrons. The highest BCUT2D eigenvalue weighted by molar-refractivity contribution is 5.74. The molecule has 1 heterocycles. The van der Waals surface area contributed by atoms with Crippen molar-refractivity contribution in [2.75, 3.05) is 0 Å². The fourth-order valence-electron chi connectivity index (χ4n) is 1.11. The summed E-state index contributed by atoms with van der Waals surface area (Å²) in [5.74, 6) is -1.01. The van der Waals surface area contributed by atoms with Gasteiger partial charge in [-0.25, -0.2) is 0 Å². The molecule has 0 aromatic carbocycles. The lowest BCUT2D eigenvalue weighted by Gasteiger charge is -2.16. The third-order valence-electron chi connectivity index (χ3n) is 2.09. The third-order valence-corrected chi connectivity index (χ3v) is 2.09. The second kappa shape index (κ2) is 3.68. The van der Waals surface area contributed by atoms with Gasteiger partial charge < -0.3 is 5.11 Å². The number of nitrogens with zero attached hydrogens (tertiary/aromatic N) is 2. The number of carboxylic acid groups (broad SMARTS) is 1. The van der Waals surface area contributed by atoms with Crippen LogP contribution in [-0.2, 0) is 11.2 Å². The molecule has 7 heteroatoms. The van der Waals surface area contributed by atoms with E-state index in [4.69, 9.17) is 5.11 Å². The summed E-state index contributed by atoms with van der Waals surface area (Å²) in [6, 6.07) is 0. The van der Waals surface area contributed by atoms with Gasteiger partial charge in [0.05, 0.1) is 10.3 Å². The Labute approximate surface area is 85.3 Å². The number of nitrogens with one attached hydrogen (secondary N) is 1. The first-order valence-electron chi connectivity index (χ1n) is 4.24. The summed E-state index contributed by atoms with van der Waals surface area (Å²) in [6.07, 6.45) is 1.12. The molecule has 0 aliphatic rings. The smallest absolute Gasteiger partial charge is 0.309 e. The molecule has 0 saturated heterocycles. The van der Waals surface area contributed by atoms with Gasteiger partial charge in [-0.05, 0) is 13.8 Å². The summed E-state index contributed by atoms with van der Waals surface area (Å²) in [4.78, 5) is 20.8. The number of hydrogen-bond donors (Lipinski definition) is 2. The Morgan fingerprint density at radius 2 is 2.33 bits per heavy atom. The van der Waals surface area contributed by atoms with Gasteiger partial charge in [-0.15, -0.1) is 0 Å². The molecule has 0 bridgehead atoms.